The first-order valence-electron chi connectivity index (χ1n) is 9.98. The molecular weight excluding hydrogens is 412 g/mol. The van der Waals surface area contributed by atoms with Gasteiger partial charge in [0.15, 0.2) is 0 Å². The minimum Gasteiger partial charge on any atom is -0.396 e. The van der Waals surface area contributed by atoms with Gasteiger partial charge in [-0.3, -0.25) is 14.9 Å². The summed E-state index contributed by atoms with van der Waals surface area (Å²) >= 11 is 6.45. The predicted molar refractivity (Wildman–Crippen MR) is 123 cm³/mol. The van der Waals surface area contributed by atoms with Crippen molar-refractivity contribution in [2.24, 2.45) is 7.05 Å². The third-order valence-corrected chi connectivity index (χ3v) is 6.10. The first kappa shape index (κ1) is 19.5. The number of fused-ring (bicyclic) bond motifs is 5. The number of hydrogen-bond donors (Lipinski definition) is 2. The van der Waals surface area contributed by atoms with Crippen LogP contribution in [0.4, 0.5) is 0 Å². The van der Waals surface area contributed by atoms with Crippen LogP contribution in [0.15, 0.2) is 54.6 Å². The molecule has 154 valence electrons. The van der Waals surface area contributed by atoms with Crippen molar-refractivity contribution in [1.29, 1.82) is 0 Å². The number of carbonyl (C=O) groups excluding carboxylic acids is 2. The Balaban J connectivity index is 1.86. The van der Waals surface area contributed by atoms with Crippen LogP contribution in [0.3, 0.4) is 0 Å². The van der Waals surface area contributed by atoms with Crippen LogP contribution >= 0.6 is 11.6 Å². The summed E-state index contributed by atoms with van der Waals surface area (Å²) in [5.41, 5.74) is 4.92. The molecule has 0 unspecified atom stereocenters. The first-order valence-corrected chi connectivity index (χ1v) is 10.4. The number of hydrogen-bond acceptors (Lipinski definition) is 3. The van der Waals surface area contributed by atoms with Gasteiger partial charge in [-0.1, -0.05) is 54.1 Å². The topological polar surface area (TPSA) is 71.3 Å². The van der Waals surface area contributed by atoms with Crippen LogP contribution in [-0.2, 0) is 7.05 Å². The highest BCUT2D eigenvalue weighted by atomic mass is 35.5. The van der Waals surface area contributed by atoms with Crippen molar-refractivity contribution in [2.75, 3.05) is 6.61 Å². The number of amides is 2. The third-order valence-electron chi connectivity index (χ3n) is 5.77. The van der Waals surface area contributed by atoms with Gasteiger partial charge in [0.1, 0.15) is 0 Å². The van der Waals surface area contributed by atoms with Crippen molar-refractivity contribution in [3.63, 3.8) is 0 Å². The molecule has 2 amide bonds. The summed E-state index contributed by atoms with van der Waals surface area (Å²) in [5, 5.41) is 13.6. The molecule has 4 aromatic rings. The number of nitrogens with one attached hydrogen (secondary N) is 1. The Hall–Kier alpha value is -3.41. The summed E-state index contributed by atoms with van der Waals surface area (Å²) in [7, 11) is 1.95. The minimum absolute atomic E-state index is 0.104. The summed E-state index contributed by atoms with van der Waals surface area (Å²) in [4.78, 5) is 25.6. The molecular formula is C25H19ClN2O3. The molecule has 0 spiro atoms. The summed E-state index contributed by atoms with van der Waals surface area (Å²) < 4.78 is 2.03. The highest BCUT2D eigenvalue weighted by molar-refractivity contribution is 6.36. The quantitative estimate of drug-likeness (QED) is 0.451. The zero-order chi connectivity index (χ0) is 21.7. The van der Waals surface area contributed by atoms with E-state index in [1.807, 2.05) is 66.2 Å². The number of aliphatic hydroxyl groups is 1. The molecule has 0 bridgehead atoms. The summed E-state index contributed by atoms with van der Waals surface area (Å²) in [6.07, 6.45) is 4.47. The lowest BCUT2D eigenvalue weighted by Gasteiger charge is -2.10. The zero-order valence-electron chi connectivity index (χ0n) is 16.8. The lowest BCUT2D eigenvalue weighted by atomic mass is 9.93. The highest BCUT2D eigenvalue weighted by Crippen LogP contribution is 2.41. The molecule has 31 heavy (non-hydrogen) atoms. The van der Waals surface area contributed by atoms with E-state index in [-0.39, 0.29) is 6.61 Å². The van der Waals surface area contributed by atoms with Gasteiger partial charge in [0.2, 0.25) is 0 Å². The average Bonchev–Trinajstić information content (AvgIpc) is 3.21. The largest absolute Gasteiger partial charge is 0.396 e. The molecule has 0 saturated carbocycles. The fourth-order valence-electron chi connectivity index (χ4n) is 4.35. The Kier molecular flexibility index (Phi) is 4.65. The second kappa shape index (κ2) is 7.38. The number of benzene rings is 3. The highest BCUT2D eigenvalue weighted by Gasteiger charge is 2.34. The molecule has 0 aliphatic carbocycles. The van der Waals surface area contributed by atoms with Gasteiger partial charge in [0.25, 0.3) is 11.8 Å². The molecule has 1 aliphatic heterocycles. The molecule has 5 rings (SSSR count). The lowest BCUT2D eigenvalue weighted by molar-refractivity contribution is 0.0880. The van der Waals surface area contributed by atoms with Crippen molar-refractivity contribution >= 4 is 51.3 Å². The van der Waals surface area contributed by atoms with Gasteiger partial charge in [-0.15, -0.1) is 0 Å². The number of rotatable bonds is 4. The molecule has 6 heteroatoms. The number of carbonyl (C=O) groups is 2. The van der Waals surface area contributed by atoms with Crippen LogP contribution in [-0.4, -0.2) is 28.1 Å². The van der Waals surface area contributed by atoms with Gasteiger partial charge in [0, 0.05) is 40.5 Å². The maximum absolute atomic E-state index is 12.8. The Labute approximate surface area is 183 Å². The van der Waals surface area contributed by atoms with Crippen LogP contribution in [0.25, 0.3) is 39.0 Å². The number of aliphatic hydroxyl groups excluding tert-OH is 1. The standard InChI is InChI=1S/C25H19ClN2O3/c1-28-19-12-14(6-4-5-11-29)9-10-16(19)21-20(28)13-17(15-7-2-3-8-18(15)26)22-23(21)25(31)27-24(22)30/h2-4,6-10,12-13,29H,5,11H2,1H3,(H,27,30,31)/b6-4+. The number of imide groups is 1. The minimum atomic E-state index is -0.405. The second-order valence-corrected chi connectivity index (χ2v) is 7.99. The molecule has 1 aromatic heterocycles. The van der Waals surface area contributed by atoms with Crippen molar-refractivity contribution in [3.8, 4) is 11.1 Å². The van der Waals surface area contributed by atoms with E-state index < -0.39 is 11.8 Å². The summed E-state index contributed by atoms with van der Waals surface area (Å²) in [6.45, 7) is 0.104. The van der Waals surface area contributed by atoms with Gasteiger partial charge in [0.05, 0.1) is 16.6 Å². The van der Waals surface area contributed by atoms with Crippen LogP contribution in [0.1, 0.15) is 32.7 Å². The van der Waals surface area contributed by atoms with Crippen molar-refractivity contribution in [3.05, 3.63) is 76.3 Å². The van der Waals surface area contributed by atoms with Crippen molar-refractivity contribution < 1.29 is 14.7 Å². The van der Waals surface area contributed by atoms with E-state index in [1.54, 1.807) is 6.07 Å². The second-order valence-electron chi connectivity index (χ2n) is 7.58. The molecule has 0 fully saturated rings. The maximum atomic E-state index is 12.8. The van der Waals surface area contributed by atoms with E-state index in [1.165, 1.54) is 0 Å². The van der Waals surface area contributed by atoms with Gasteiger partial charge in [-0.05, 0) is 35.7 Å². The smallest absolute Gasteiger partial charge is 0.259 e. The molecule has 2 heterocycles. The molecule has 3 aromatic carbocycles. The Bertz CT molecular complexity index is 1430. The lowest BCUT2D eigenvalue weighted by Crippen LogP contribution is -2.20. The third kappa shape index (κ3) is 2.97. The number of aromatic nitrogens is 1. The molecule has 0 radical (unpaired) electrons. The summed E-state index contributed by atoms with van der Waals surface area (Å²) in [5.74, 6) is -0.796. The van der Waals surface area contributed by atoms with E-state index >= 15 is 0 Å². The van der Waals surface area contributed by atoms with Crippen LogP contribution in [0, 0.1) is 0 Å². The van der Waals surface area contributed by atoms with E-state index in [0.717, 1.165) is 27.4 Å². The zero-order valence-corrected chi connectivity index (χ0v) is 17.5. The Morgan fingerprint density at radius 3 is 2.55 bits per heavy atom. The van der Waals surface area contributed by atoms with E-state index in [4.69, 9.17) is 16.7 Å². The average molecular weight is 431 g/mol. The van der Waals surface area contributed by atoms with Crippen molar-refractivity contribution in [2.45, 2.75) is 6.42 Å². The number of nitrogens with zero attached hydrogens (tertiary/aromatic N) is 1. The Morgan fingerprint density at radius 2 is 1.77 bits per heavy atom. The fourth-order valence-corrected chi connectivity index (χ4v) is 4.59. The van der Waals surface area contributed by atoms with Crippen LogP contribution in [0.5, 0.6) is 0 Å². The monoisotopic (exact) mass is 430 g/mol. The fraction of sp³-hybridized carbons (Fsp3) is 0.120. The van der Waals surface area contributed by atoms with Crippen LogP contribution < -0.4 is 5.32 Å². The van der Waals surface area contributed by atoms with Gasteiger partial charge in [-0.25, -0.2) is 0 Å². The van der Waals surface area contributed by atoms with E-state index in [9.17, 15) is 9.59 Å². The molecule has 5 nitrogen and oxygen atoms in total. The maximum Gasteiger partial charge on any atom is 0.259 e. The van der Waals surface area contributed by atoms with Gasteiger partial charge in [-0.2, -0.15) is 0 Å². The molecule has 2 N–H and O–H groups in total. The number of aryl methyl sites for hydroxylation is 1. The molecule has 0 atom stereocenters. The Morgan fingerprint density at radius 1 is 1.00 bits per heavy atom. The molecule has 0 saturated heterocycles. The number of halogens is 1. The van der Waals surface area contributed by atoms with Crippen LogP contribution in [0.2, 0.25) is 5.02 Å². The van der Waals surface area contributed by atoms with Gasteiger partial charge < -0.3 is 9.67 Å². The summed E-state index contributed by atoms with van der Waals surface area (Å²) in [6, 6.07) is 15.2. The van der Waals surface area contributed by atoms with Crippen molar-refractivity contribution in [1.82, 2.24) is 9.88 Å². The molecule has 1 aliphatic rings. The SMILES string of the molecule is Cn1c2cc(/C=C/CCO)ccc2c2c3c(c(-c4ccccc4Cl)cc21)C(=O)NC3=O. The van der Waals surface area contributed by atoms with E-state index in [2.05, 4.69) is 5.32 Å². The normalized spacial score (nSPS) is 13.5. The van der Waals surface area contributed by atoms with Gasteiger partial charge >= 0.3 is 0 Å². The first-order chi connectivity index (χ1) is 15.0. The van der Waals surface area contributed by atoms with E-state index in [0.29, 0.717) is 33.7 Å². The predicted octanol–water partition coefficient (Wildman–Crippen LogP) is 4.93.